The minimum absolute atomic E-state index is 0.640. The molecule has 0 radical (unpaired) electrons. The van der Waals surface area contributed by atoms with Gasteiger partial charge in [-0.2, -0.15) is 0 Å². The Morgan fingerprint density at radius 3 is 2.47 bits per heavy atom. The van der Waals surface area contributed by atoms with Crippen molar-refractivity contribution >= 4 is 0 Å². The fourth-order valence-electron chi connectivity index (χ4n) is 5.88. The molecule has 15 heavy (non-hydrogen) atoms. The van der Waals surface area contributed by atoms with Crippen molar-refractivity contribution in [3.05, 3.63) is 0 Å². The summed E-state index contributed by atoms with van der Waals surface area (Å²) in [6.45, 7) is 10.2. The summed E-state index contributed by atoms with van der Waals surface area (Å²) in [5.41, 5.74) is 1.42. The number of fused-ring (bicyclic) bond motifs is 1. The van der Waals surface area contributed by atoms with Crippen LogP contribution in [0.1, 0.15) is 59.8 Å². The van der Waals surface area contributed by atoms with Crippen molar-refractivity contribution < 1.29 is 0 Å². The van der Waals surface area contributed by atoms with Crippen molar-refractivity contribution in [1.29, 1.82) is 0 Å². The minimum atomic E-state index is 0.640. The van der Waals surface area contributed by atoms with E-state index in [4.69, 9.17) is 0 Å². The van der Waals surface area contributed by atoms with Gasteiger partial charge in [-0.15, -0.1) is 0 Å². The lowest BCUT2D eigenvalue weighted by Crippen LogP contribution is -2.30. The zero-order chi connectivity index (χ0) is 10.8. The molecule has 3 fully saturated rings. The maximum absolute atomic E-state index is 2.57. The summed E-state index contributed by atoms with van der Waals surface area (Å²) in [5, 5.41) is 0. The van der Waals surface area contributed by atoms with Crippen LogP contribution in [0.3, 0.4) is 0 Å². The fourth-order valence-corrected chi connectivity index (χ4v) is 5.88. The van der Waals surface area contributed by atoms with Crippen LogP contribution in [-0.2, 0) is 0 Å². The third-order valence-corrected chi connectivity index (χ3v) is 6.77. The van der Waals surface area contributed by atoms with Crippen molar-refractivity contribution in [1.82, 2.24) is 0 Å². The van der Waals surface area contributed by atoms with E-state index in [1.807, 2.05) is 0 Å². The lowest BCUT2D eigenvalue weighted by atomic mass is 9.66. The number of hydrogen-bond acceptors (Lipinski definition) is 0. The first-order valence-corrected chi connectivity index (χ1v) is 6.98. The Labute approximate surface area is 94.8 Å². The summed E-state index contributed by atoms with van der Waals surface area (Å²) in [5.74, 6) is 4.08. The van der Waals surface area contributed by atoms with Crippen molar-refractivity contribution in [2.24, 2.45) is 34.5 Å². The summed E-state index contributed by atoms with van der Waals surface area (Å²) in [7, 11) is 0. The third-order valence-electron chi connectivity index (χ3n) is 6.77. The van der Waals surface area contributed by atoms with E-state index in [2.05, 4.69) is 27.7 Å². The van der Waals surface area contributed by atoms with Gasteiger partial charge in [-0.3, -0.25) is 0 Å². The van der Waals surface area contributed by atoms with E-state index in [0.717, 1.165) is 29.1 Å². The maximum Gasteiger partial charge on any atom is -0.0235 e. The Hall–Kier alpha value is 0. The average molecular weight is 206 g/mol. The quantitative estimate of drug-likeness (QED) is 0.547. The largest absolute Gasteiger partial charge is 0.0622 e. The van der Waals surface area contributed by atoms with Gasteiger partial charge in [-0.25, -0.2) is 0 Å². The smallest absolute Gasteiger partial charge is 0.0235 e. The number of rotatable bonds is 0. The summed E-state index contributed by atoms with van der Waals surface area (Å²) in [6.07, 6.45) is 7.65. The molecule has 0 aromatic carbocycles. The maximum atomic E-state index is 2.57. The van der Waals surface area contributed by atoms with Gasteiger partial charge in [0, 0.05) is 0 Å². The Kier molecular flexibility index (Phi) is 1.91. The SMILES string of the molecule is C[C@@H]1CC[C@]23CC1C(C)(C)C2CC[C@@H]3C. The second-order valence-electron chi connectivity index (χ2n) is 7.41. The third kappa shape index (κ3) is 1.04. The highest BCUT2D eigenvalue weighted by Crippen LogP contribution is 2.72. The van der Waals surface area contributed by atoms with Crippen molar-refractivity contribution in [2.75, 3.05) is 0 Å². The van der Waals surface area contributed by atoms with Gasteiger partial charge in [0.15, 0.2) is 0 Å². The second-order valence-corrected chi connectivity index (χ2v) is 7.41. The van der Waals surface area contributed by atoms with Crippen LogP contribution >= 0.6 is 0 Å². The van der Waals surface area contributed by atoms with Crippen LogP contribution in [0.15, 0.2) is 0 Å². The first-order chi connectivity index (χ1) is 6.98. The van der Waals surface area contributed by atoms with Gasteiger partial charge in [0.1, 0.15) is 0 Å². The van der Waals surface area contributed by atoms with Crippen LogP contribution in [-0.4, -0.2) is 0 Å². The highest BCUT2D eigenvalue weighted by atomic mass is 14.7. The Morgan fingerprint density at radius 2 is 1.73 bits per heavy atom. The van der Waals surface area contributed by atoms with E-state index in [1.54, 1.807) is 12.8 Å². The zero-order valence-corrected chi connectivity index (χ0v) is 10.8. The number of hydrogen-bond donors (Lipinski definition) is 0. The van der Waals surface area contributed by atoms with Gasteiger partial charge >= 0.3 is 0 Å². The summed E-state index contributed by atoms with van der Waals surface area (Å²) in [6, 6.07) is 0. The predicted octanol–water partition coefficient (Wildman–Crippen LogP) is 4.49. The molecule has 86 valence electrons. The Balaban J connectivity index is 2.04. The van der Waals surface area contributed by atoms with Gasteiger partial charge in [-0.05, 0) is 66.6 Å². The van der Waals surface area contributed by atoms with E-state index in [0.29, 0.717) is 5.41 Å². The lowest BCUT2D eigenvalue weighted by molar-refractivity contribution is 0.104. The summed E-state index contributed by atoms with van der Waals surface area (Å²) >= 11 is 0. The fraction of sp³-hybridized carbons (Fsp3) is 1.00. The molecule has 2 unspecified atom stereocenters. The van der Waals surface area contributed by atoms with E-state index in [-0.39, 0.29) is 0 Å². The Bertz CT molecular complexity index is 278. The van der Waals surface area contributed by atoms with Gasteiger partial charge in [0.2, 0.25) is 0 Å². The lowest BCUT2D eigenvalue weighted by Gasteiger charge is -2.39. The molecule has 0 aromatic rings. The van der Waals surface area contributed by atoms with Gasteiger partial charge in [0.25, 0.3) is 0 Å². The molecule has 0 saturated heterocycles. The van der Waals surface area contributed by atoms with Gasteiger partial charge < -0.3 is 0 Å². The molecule has 2 bridgehead atoms. The molecule has 1 spiro atoms. The topological polar surface area (TPSA) is 0 Å². The monoisotopic (exact) mass is 206 g/mol. The van der Waals surface area contributed by atoms with Crippen LogP contribution in [0, 0.1) is 34.5 Å². The molecule has 0 aromatic heterocycles. The Morgan fingerprint density at radius 1 is 1.00 bits per heavy atom. The molecular weight excluding hydrogens is 180 g/mol. The molecule has 0 N–H and O–H groups in total. The van der Waals surface area contributed by atoms with Crippen LogP contribution in [0.4, 0.5) is 0 Å². The first kappa shape index (κ1) is 10.2. The normalized spacial score (nSPS) is 56.8. The summed E-state index contributed by atoms with van der Waals surface area (Å²) < 4.78 is 0. The molecule has 0 heteroatoms. The van der Waals surface area contributed by atoms with E-state index in [1.165, 1.54) is 19.3 Å². The van der Waals surface area contributed by atoms with E-state index in [9.17, 15) is 0 Å². The molecule has 0 aliphatic heterocycles. The molecule has 0 nitrogen and oxygen atoms in total. The summed E-state index contributed by atoms with van der Waals surface area (Å²) in [4.78, 5) is 0. The molecule has 3 saturated carbocycles. The highest BCUT2D eigenvalue weighted by Gasteiger charge is 2.64. The van der Waals surface area contributed by atoms with E-state index >= 15 is 0 Å². The van der Waals surface area contributed by atoms with Crippen molar-refractivity contribution in [3.63, 3.8) is 0 Å². The zero-order valence-electron chi connectivity index (χ0n) is 10.8. The second kappa shape index (κ2) is 2.81. The molecule has 3 rings (SSSR count). The van der Waals surface area contributed by atoms with Crippen molar-refractivity contribution in [2.45, 2.75) is 59.8 Å². The molecule has 3 aliphatic carbocycles. The molecule has 3 aliphatic rings. The first-order valence-electron chi connectivity index (χ1n) is 6.98. The predicted molar refractivity (Wildman–Crippen MR) is 64.6 cm³/mol. The van der Waals surface area contributed by atoms with Crippen LogP contribution in [0.5, 0.6) is 0 Å². The highest BCUT2D eigenvalue weighted by molar-refractivity contribution is 5.13. The van der Waals surface area contributed by atoms with Gasteiger partial charge in [0.05, 0.1) is 0 Å². The van der Waals surface area contributed by atoms with Crippen molar-refractivity contribution in [3.8, 4) is 0 Å². The van der Waals surface area contributed by atoms with Crippen LogP contribution < -0.4 is 0 Å². The van der Waals surface area contributed by atoms with Crippen LogP contribution in [0.2, 0.25) is 0 Å². The molecule has 0 amide bonds. The molecule has 0 heterocycles. The minimum Gasteiger partial charge on any atom is -0.0622 e. The van der Waals surface area contributed by atoms with Crippen LogP contribution in [0.25, 0.3) is 0 Å². The average Bonchev–Trinajstić information content (AvgIpc) is 2.57. The molecule has 5 atom stereocenters. The molecular formula is C15H26. The van der Waals surface area contributed by atoms with E-state index < -0.39 is 0 Å². The standard InChI is InChI=1S/C15H26/c1-10-7-8-15-9-12(10)14(3,4)13(15)6-5-11(15)2/h10-13H,5-9H2,1-4H3/t10-,11+,12?,13?,15-/m1/s1. The van der Waals surface area contributed by atoms with Gasteiger partial charge in [-0.1, -0.05) is 27.7 Å².